The SMILES string of the molecule is CC(=O)NCCCCc1nc2ccccc2c2cc[nH]c12. The molecule has 2 N–H and O–H groups in total. The topological polar surface area (TPSA) is 57.8 Å². The lowest BCUT2D eigenvalue weighted by atomic mass is 10.1. The third kappa shape index (κ3) is 2.89. The third-order valence-electron chi connectivity index (χ3n) is 3.70. The quantitative estimate of drug-likeness (QED) is 0.706. The Morgan fingerprint density at radius 1 is 1.19 bits per heavy atom. The van der Waals surface area contributed by atoms with Gasteiger partial charge in [0.05, 0.1) is 16.7 Å². The summed E-state index contributed by atoms with van der Waals surface area (Å²) >= 11 is 0. The molecule has 0 aliphatic heterocycles. The Hall–Kier alpha value is -2.36. The van der Waals surface area contributed by atoms with Gasteiger partial charge in [-0.25, -0.2) is 0 Å². The highest BCUT2D eigenvalue weighted by molar-refractivity contribution is 6.05. The molecule has 2 heterocycles. The molecule has 0 unspecified atom stereocenters. The summed E-state index contributed by atoms with van der Waals surface area (Å²) in [6.45, 7) is 2.28. The molecule has 0 aliphatic carbocycles. The van der Waals surface area contributed by atoms with Crippen molar-refractivity contribution in [3.63, 3.8) is 0 Å². The van der Waals surface area contributed by atoms with Gasteiger partial charge in [-0.05, 0) is 31.4 Å². The number of pyridine rings is 1. The molecule has 0 saturated heterocycles. The molecule has 3 rings (SSSR count). The maximum absolute atomic E-state index is 10.8. The monoisotopic (exact) mass is 281 g/mol. The number of aromatic amines is 1. The van der Waals surface area contributed by atoms with E-state index >= 15 is 0 Å². The van der Waals surface area contributed by atoms with Crippen molar-refractivity contribution in [2.45, 2.75) is 26.2 Å². The van der Waals surface area contributed by atoms with E-state index in [-0.39, 0.29) is 5.91 Å². The first kappa shape index (κ1) is 13.6. The molecule has 108 valence electrons. The van der Waals surface area contributed by atoms with Crippen LogP contribution in [0.2, 0.25) is 0 Å². The molecular weight excluding hydrogens is 262 g/mol. The molecule has 0 atom stereocenters. The van der Waals surface area contributed by atoms with Gasteiger partial charge in [0.25, 0.3) is 0 Å². The molecular formula is C17H19N3O. The van der Waals surface area contributed by atoms with Gasteiger partial charge in [0.15, 0.2) is 0 Å². The Kier molecular flexibility index (Phi) is 3.86. The van der Waals surface area contributed by atoms with E-state index in [1.54, 1.807) is 6.92 Å². The van der Waals surface area contributed by atoms with E-state index in [9.17, 15) is 4.79 Å². The van der Waals surface area contributed by atoms with Crippen molar-refractivity contribution in [1.29, 1.82) is 0 Å². The number of fused-ring (bicyclic) bond motifs is 3. The summed E-state index contributed by atoms with van der Waals surface area (Å²) in [5.41, 5.74) is 3.28. The number of H-pyrrole nitrogens is 1. The maximum Gasteiger partial charge on any atom is 0.216 e. The fourth-order valence-electron chi connectivity index (χ4n) is 2.70. The van der Waals surface area contributed by atoms with Gasteiger partial charge in [-0.1, -0.05) is 18.2 Å². The Morgan fingerprint density at radius 3 is 2.90 bits per heavy atom. The second-order valence-corrected chi connectivity index (χ2v) is 5.28. The molecule has 1 amide bonds. The lowest BCUT2D eigenvalue weighted by molar-refractivity contribution is -0.118. The molecule has 1 aromatic carbocycles. The molecule has 0 saturated carbocycles. The van der Waals surface area contributed by atoms with Crippen molar-refractivity contribution in [2.75, 3.05) is 6.54 Å². The molecule has 0 radical (unpaired) electrons. The van der Waals surface area contributed by atoms with Crippen LogP contribution in [-0.4, -0.2) is 22.4 Å². The number of aryl methyl sites for hydroxylation is 1. The van der Waals surface area contributed by atoms with E-state index in [4.69, 9.17) is 4.98 Å². The first-order valence-corrected chi connectivity index (χ1v) is 7.35. The summed E-state index contributed by atoms with van der Waals surface area (Å²) in [6, 6.07) is 10.3. The van der Waals surface area contributed by atoms with Crippen LogP contribution < -0.4 is 5.32 Å². The summed E-state index contributed by atoms with van der Waals surface area (Å²) in [5, 5.41) is 5.25. The zero-order chi connectivity index (χ0) is 14.7. The van der Waals surface area contributed by atoms with Crippen molar-refractivity contribution in [3.8, 4) is 0 Å². The van der Waals surface area contributed by atoms with Crippen molar-refractivity contribution in [3.05, 3.63) is 42.2 Å². The second-order valence-electron chi connectivity index (χ2n) is 5.28. The number of unbranched alkanes of at least 4 members (excludes halogenated alkanes) is 1. The van der Waals surface area contributed by atoms with Crippen LogP contribution in [0.15, 0.2) is 36.5 Å². The number of benzene rings is 1. The van der Waals surface area contributed by atoms with Crippen molar-refractivity contribution < 1.29 is 4.79 Å². The number of rotatable bonds is 5. The van der Waals surface area contributed by atoms with E-state index in [1.807, 2.05) is 18.3 Å². The van der Waals surface area contributed by atoms with Gasteiger partial charge in [-0.15, -0.1) is 0 Å². The largest absolute Gasteiger partial charge is 0.360 e. The van der Waals surface area contributed by atoms with Crippen LogP contribution in [0.3, 0.4) is 0 Å². The number of aromatic nitrogens is 2. The minimum absolute atomic E-state index is 0.0330. The molecule has 0 fully saturated rings. The lowest BCUT2D eigenvalue weighted by Crippen LogP contribution is -2.20. The van der Waals surface area contributed by atoms with Gasteiger partial charge < -0.3 is 10.3 Å². The zero-order valence-electron chi connectivity index (χ0n) is 12.1. The van der Waals surface area contributed by atoms with Crippen LogP contribution in [0.25, 0.3) is 21.8 Å². The van der Waals surface area contributed by atoms with Crippen LogP contribution >= 0.6 is 0 Å². The summed E-state index contributed by atoms with van der Waals surface area (Å²) < 4.78 is 0. The van der Waals surface area contributed by atoms with Crippen molar-refractivity contribution >= 4 is 27.7 Å². The lowest BCUT2D eigenvalue weighted by Gasteiger charge is -2.07. The van der Waals surface area contributed by atoms with Crippen LogP contribution in [0, 0.1) is 0 Å². The normalized spacial score (nSPS) is 11.1. The Labute approximate surface area is 123 Å². The molecule has 0 spiro atoms. The average molecular weight is 281 g/mol. The predicted molar refractivity (Wildman–Crippen MR) is 85.2 cm³/mol. The number of amides is 1. The minimum atomic E-state index is 0.0330. The number of nitrogens with one attached hydrogen (secondary N) is 2. The Morgan fingerprint density at radius 2 is 2.05 bits per heavy atom. The summed E-state index contributed by atoms with van der Waals surface area (Å²) in [7, 11) is 0. The maximum atomic E-state index is 10.8. The third-order valence-corrected chi connectivity index (χ3v) is 3.70. The highest BCUT2D eigenvalue weighted by Crippen LogP contribution is 2.26. The molecule has 4 nitrogen and oxygen atoms in total. The van der Waals surface area contributed by atoms with Gasteiger partial charge in [0.1, 0.15) is 0 Å². The molecule has 3 aromatic rings. The number of nitrogens with zero attached hydrogens (tertiary/aromatic N) is 1. The average Bonchev–Trinajstić information content (AvgIpc) is 2.96. The van der Waals surface area contributed by atoms with Crippen molar-refractivity contribution in [2.24, 2.45) is 0 Å². The number of hydrogen-bond donors (Lipinski definition) is 2. The molecule has 0 bridgehead atoms. The van der Waals surface area contributed by atoms with E-state index in [1.165, 1.54) is 10.8 Å². The fraction of sp³-hybridized carbons (Fsp3) is 0.294. The van der Waals surface area contributed by atoms with E-state index in [0.29, 0.717) is 0 Å². The highest BCUT2D eigenvalue weighted by atomic mass is 16.1. The molecule has 4 heteroatoms. The first-order valence-electron chi connectivity index (χ1n) is 7.35. The van der Waals surface area contributed by atoms with E-state index < -0.39 is 0 Å². The van der Waals surface area contributed by atoms with Gasteiger partial charge in [0, 0.05) is 30.4 Å². The fourth-order valence-corrected chi connectivity index (χ4v) is 2.70. The smallest absolute Gasteiger partial charge is 0.216 e. The van der Waals surface area contributed by atoms with E-state index in [2.05, 4.69) is 28.5 Å². The minimum Gasteiger partial charge on any atom is -0.360 e. The van der Waals surface area contributed by atoms with Crippen LogP contribution in [0.5, 0.6) is 0 Å². The number of hydrogen-bond acceptors (Lipinski definition) is 2. The number of carbonyl (C=O) groups excluding carboxylic acids is 1. The highest BCUT2D eigenvalue weighted by Gasteiger charge is 2.08. The Balaban J connectivity index is 1.80. The standard InChI is InChI=1S/C17H19N3O/c1-12(21)18-10-5-4-8-16-17-14(9-11-19-17)13-6-2-3-7-15(13)20-16/h2-3,6-7,9,11,19H,4-5,8,10H2,1H3,(H,18,21). The van der Waals surface area contributed by atoms with Crippen LogP contribution in [-0.2, 0) is 11.2 Å². The summed E-state index contributed by atoms with van der Waals surface area (Å²) in [6.07, 6.45) is 4.87. The second kappa shape index (κ2) is 5.95. The van der Waals surface area contributed by atoms with Gasteiger partial charge in [0.2, 0.25) is 5.91 Å². The van der Waals surface area contributed by atoms with Crippen LogP contribution in [0.4, 0.5) is 0 Å². The summed E-state index contributed by atoms with van der Waals surface area (Å²) in [4.78, 5) is 18.9. The molecule has 0 aliphatic rings. The number of carbonyl (C=O) groups is 1. The van der Waals surface area contributed by atoms with Crippen LogP contribution in [0.1, 0.15) is 25.5 Å². The molecule has 2 aromatic heterocycles. The molecule has 21 heavy (non-hydrogen) atoms. The van der Waals surface area contributed by atoms with Gasteiger partial charge in [-0.3, -0.25) is 9.78 Å². The van der Waals surface area contributed by atoms with E-state index in [0.717, 1.165) is 42.5 Å². The van der Waals surface area contributed by atoms with Crippen molar-refractivity contribution in [1.82, 2.24) is 15.3 Å². The number of para-hydroxylation sites is 1. The van der Waals surface area contributed by atoms with Gasteiger partial charge >= 0.3 is 0 Å². The predicted octanol–water partition coefficient (Wildman–Crippen LogP) is 3.17. The zero-order valence-corrected chi connectivity index (χ0v) is 12.1. The summed E-state index contributed by atoms with van der Waals surface area (Å²) in [5.74, 6) is 0.0330. The first-order chi connectivity index (χ1) is 10.3. The van der Waals surface area contributed by atoms with Gasteiger partial charge in [-0.2, -0.15) is 0 Å². The Bertz CT molecular complexity index is 776.